The molecule has 0 bridgehead atoms. The second kappa shape index (κ2) is 5.92. The Bertz CT molecular complexity index is 711. The number of carboxylic acid groups (broad SMARTS) is 1. The molecule has 1 N–H and O–H groups in total. The Hall–Kier alpha value is -2.41. The maximum atomic E-state index is 11.3. The predicted octanol–water partition coefficient (Wildman–Crippen LogP) is 3.46. The number of carboxylic acids is 1. The number of rotatable bonds is 4. The van der Waals surface area contributed by atoms with Crippen LogP contribution >= 0.6 is 11.8 Å². The zero-order chi connectivity index (χ0) is 15.6. The minimum atomic E-state index is -1.20. The van der Waals surface area contributed by atoms with Gasteiger partial charge < -0.3 is 5.11 Å². The molecular formula is C14H12N2O4S. The molecule has 108 valence electrons. The summed E-state index contributed by atoms with van der Waals surface area (Å²) >= 11 is 1.18. The Morgan fingerprint density at radius 1 is 1.29 bits per heavy atom. The van der Waals surface area contributed by atoms with Crippen LogP contribution in [0.25, 0.3) is 0 Å². The number of carbonyl (C=O) groups is 1. The molecule has 1 heterocycles. The van der Waals surface area contributed by atoms with Crippen LogP contribution in [0.1, 0.15) is 21.6 Å². The largest absolute Gasteiger partial charge is 0.478 e. The summed E-state index contributed by atoms with van der Waals surface area (Å²) in [4.78, 5) is 26.1. The van der Waals surface area contributed by atoms with Gasteiger partial charge in [-0.3, -0.25) is 10.1 Å². The van der Waals surface area contributed by atoms with Crippen LogP contribution < -0.4 is 0 Å². The number of hydrogen-bond acceptors (Lipinski definition) is 5. The molecule has 0 radical (unpaired) electrons. The SMILES string of the molecule is Cc1cc(C)nc(Sc2ccc([N+](=O)[O-])cc2C(=O)O)c1. The molecule has 0 atom stereocenters. The number of hydrogen-bond donors (Lipinski definition) is 1. The van der Waals surface area contributed by atoms with E-state index in [1.54, 1.807) is 0 Å². The Labute approximate surface area is 125 Å². The molecule has 21 heavy (non-hydrogen) atoms. The number of aryl methyl sites for hydroxylation is 2. The zero-order valence-corrected chi connectivity index (χ0v) is 12.2. The summed E-state index contributed by atoms with van der Waals surface area (Å²) in [7, 11) is 0. The van der Waals surface area contributed by atoms with E-state index in [4.69, 9.17) is 0 Å². The number of non-ortho nitro benzene ring substituents is 1. The molecule has 7 heteroatoms. The minimum Gasteiger partial charge on any atom is -0.478 e. The average molecular weight is 304 g/mol. The molecule has 1 aromatic heterocycles. The molecule has 0 aliphatic carbocycles. The summed E-state index contributed by atoms with van der Waals surface area (Å²) in [6, 6.07) is 7.54. The summed E-state index contributed by atoms with van der Waals surface area (Å²) < 4.78 is 0. The average Bonchev–Trinajstić information content (AvgIpc) is 2.37. The highest BCUT2D eigenvalue weighted by Crippen LogP contribution is 2.32. The first kappa shape index (κ1) is 15.0. The summed E-state index contributed by atoms with van der Waals surface area (Å²) in [5.41, 5.74) is 1.50. The van der Waals surface area contributed by atoms with Crippen LogP contribution in [-0.2, 0) is 0 Å². The quantitative estimate of drug-likeness (QED) is 0.686. The monoisotopic (exact) mass is 304 g/mol. The van der Waals surface area contributed by atoms with Crippen molar-refractivity contribution in [2.45, 2.75) is 23.8 Å². The Morgan fingerprint density at radius 2 is 2.00 bits per heavy atom. The van der Waals surface area contributed by atoms with Crippen LogP contribution in [0.4, 0.5) is 5.69 Å². The third-order valence-electron chi connectivity index (χ3n) is 2.69. The van der Waals surface area contributed by atoms with E-state index in [9.17, 15) is 20.0 Å². The molecule has 1 aromatic carbocycles. The van der Waals surface area contributed by atoms with Crippen molar-refractivity contribution in [2.24, 2.45) is 0 Å². The number of aromatic nitrogens is 1. The lowest BCUT2D eigenvalue weighted by Crippen LogP contribution is -2.01. The van der Waals surface area contributed by atoms with Gasteiger partial charge in [-0.05, 0) is 37.6 Å². The molecular weight excluding hydrogens is 292 g/mol. The molecule has 0 spiro atoms. The van der Waals surface area contributed by atoms with Crippen molar-refractivity contribution < 1.29 is 14.8 Å². The lowest BCUT2D eigenvalue weighted by Gasteiger charge is -2.07. The van der Waals surface area contributed by atoms with Crippen molar-refractivity contribution in [1.29, 1.82) is 0 Å². The number of nitro benzene ring substituents is 1. The number of nitrogens with zero attached hydrogens (tertiary/aromatic N) is 2. The molecule has 0 fully saturated rings. The van der Waals surface area contributed by atoms with Crippen molar-refractivity contribution in [3.05, 3.63) is 57.3 Å². The first-order valence-corrected chi connectivity index (χ1v) is 6.83. The molecule has 0 amide bonds. The summed E-state index contributed by atoms with van der Waals surface area (Å²) in [5, 5.41) is 20.6. The smallest absolute Gasteiger partial charge is 0.337 e. The van der Waals surface area contributed by atoms with E-state index in [1.807, 2.05) is 26.0 Å². The van der Waals surface area contributed by atoms with Gasteiger partial charge in [0.15, 0.2) is 0 Å². The molecule has 6 nitrogen and oxygen atoms in total. The van der Waals surface area contributed by atoms with Gasteiger partial charge in [-0.15, -0.1) is 0 Å². The van der Waals surface area contributed by atoms with Crippen molar-refractivity contribution >= 4 is 23.4 Å². The first-order valence-electron chi connectivity index (χ1n) is 6.01. The Kier molecular flexibility index (Phi) is 4.23. The Morgan fingerprint density at radius 3 is 2.57 bits per heavy atom. The van der Waals surface area contributed by atoms with Gasteiger partial charge >= 0.3 is 5.97 Å². The molecule has 0 aliphatic heterocycles. The van der Waals surface area contributed by atoms with Crippen LogP contribution in [0, 0.1) is 24.0 Å². The van der Waals surface area contributed by atoms with E-state index < -0.39 is 10.9 Å². The number of benzene rings is 1. The highest BCUT2D eigenvalue weighted by atomic mass is 32.2. The van der Waals surface area contributed by atoms with Crippen LogP contribution in [0.15, 0.2) is 40.3 Å². The molecule has 2 aromatic rings. The van der Waals surface area contributed by atoms with Crippen LogP contribution in [0.5, 0.6) is 0 Å². The second-order valence-electron chi connectivity index (χ2n) is 4.47. The minimum absolute atomic E-state index is 0.102. The van der Waals surface area contributed by atoms with Crippen molar-refractivity contribution in [3.63, 3.8) is 0 Å². The summed E-state index contributed by atoms with van der Waals surface area (Å²) in [6.07, 6.45) is 0. The van der Waals surface area contributed by atoms with Crippen molar-refractivity contribution in [1.82, 2.24) is 4.98 Å². The lowest BCUT2D eigenvalue weighted by atomic mass is 10.2. The van der Waals surface area contributed by atoms with Gasteiger partial charge in [0.2, 0.25) is 0 Å². The normalized spacial score (nSPS) is 10.4. The zero-order valence-electron chi connectivity index (χ0n) is 11.4. The summed E-state index contributed by atoms with van der Waals surface area (Å²) in [6.45, 7) is 3.78. The van der Waals surface area contributed by atoms with Gasteiger partial charge in [0.05, 0.1) is 10.5 Å². The van der Waals surface area contributed by atoms with Crippen LogP contribution in [0.2, 0.25) is 0 Å². The van der Waals surface area contributed by atoms with E-state index in [-0.39, 0.29) is 11.3 Å². The van der Waals surface area contributed by atoms with Crippen molar-refractivity contribution in [3.8, 4) is 0 Å². The first-order chi connectivity index (χ1) is 9.86. The fraction of sp³-hybridized carbons (Fsp3) is 0.143. The van der Waals surface area contributed by atoms with Crippen LogP contribution in [-0.4, -0.2) is 21.0 Å². The van der Waals surface area contributed by atoms with E-state index >= 15 is 0 Å². The number of aromatic carboxylic acids is 1. The molecule has 2 rings (SSSR count). The second-order valence-corrected chi connectivity index (χ2v) is 5.53. The van der Waals surface area contributed by atoms with Crippen molar-refractivity contribution in [2.75, 3.05) is 0 Å². The highest BCUT2D eigenvalue weighted by Gasteiger charge is 2.17. The highest BCUT2D eigenvalue weighted by molar-refractivity contribution is 7.99. The van der Waals surface area contributed by atoms with Gasteiger partial charge in [-0.25, -0.2) is 9.78 Å². The fourth-order valence-electron chi connectivity index (χ4n) is 1.86. The Balaban J connectivity index is 2.43. The molecule has 0 unspecified atom stereocenters. The predicted molar refractivity (Wildman–Crippen MR) is 77.9 cm³/mol. The number of nitro groups is 1. The lowest BCUT2D eigenvalue weighted by molar-refractivity contribution is -0.384. The van der Waals surface area contributed by atoms with E-state index in [2.05, 4.69) is 4.98 Å². The summed E-state index contributed by atoms with van der Waals surface area (Å²) in [5.74, 6) is -1.20. The third-order valence-corrected chi connectivity index (χ3v) is 3.69. The standard InChI is InChI=1S/C14H12N2O4S/c1-8-5-9(2)15-13(6-8)21-12-4-3-10(16(19)20)7-11(12)14(17)18/h3-7H,1-2H3,(H,17,18). The maximum Gasteiger partial charge on any atom is 0.337 e. The fourth-order valence-corrected chi connectivity index (χ4v) is 2.91. The number of pyridine rings is 1. The van der Waals surface area contributed by atoms with E-state index in [0.717, 1.165) is 17.3 Å². The maximum absolute atomic E-state index is 11.3. The molecule has 0 saturated heterocycles. The van der Waals surface area contributed by atoms with Gasteiger partial charge in [0.1, 0.15) is 5.03 Å². The van der Waals surface area contributed by atoms with Gasteiger partial charge in [0.25, 0.3) is 5.69 Å². The third kappa shape index (κ3) is 3.57. The van der Waals surface area contributed by atoms with E-state index in [1.165, 1.54) is 23.9 Å². The van der Waals surface area contributed by atoms with Crippen LogP contribution in [0.3, 0.4) is 0 Å². The van der Waals surface area contributed by atoms with E-state index in [0.29, 0.717) is 9.92 Å². The molecule has 0 saturated carbocycles. The molecule has 0 aliphatic rings. The van der Waals surface area contributed by atoms with Gasteiger partial charge in [0, 0.05) is 22.7 Å². The topological polar surface area (TPSA) is 93.3 Å². The van der Waals surface area contributed by atoms with Gasteiger partial charge in [-0.1, -0.05) is 11.8 Å². The van der Waals surface area contributed by atoms with Gasteiger partial charge in [-0.2, -0.15) is 0 Å².